The van der Waals surface area contributed by atoms with Gasteiger partial charge in [-0.25, -0.2) is 0 Å². The third-order valence-electron chi connectivity index (χ3n) is 1.89. The lowest BCUT2D eigenvalue weighted by Gasteiger charge is -2.17. The van der Waals surface area contributed by atoms with Crippen molar-refractivity contribution >= 4 is 5.91 Å². The Morgan fingerprint density at radius 1 is 1.50 bits per heavy atom. The van der Waals surface area contributed by atoms with Crippen LogP contribution in [0.25, 0.3) is 0 Å². The van der Waals surface area contributed by atoms with Crippen molar-refractivity contribution in [1.29, 1.82) is 5.26 Å². The van der Waals surface area contributed by atoms with E-state index in [9.17, 15) is 4.79 Å². The second-order valence-corrected chi connectivity index (χ2v) is 3.72. The van der Waals surface area contributed by atoms with E-state index in [1.54, 1.807) is 7.11 Å². The first-order valence-corrected chi connectivity index (χ1v) is 4.71. The number of hydrogen-bond donors (Lipinski definition) is 1. The number of ether oxygens (including phenoxy) is 1. The summed E-state index contributed by atoms with van der Waals surface area (Å²) in [7, 11) is 1.58. The summed E-state index contributed by atoms with van der Waals surface area (Å²) < 4.78 is 4.88. The van der Waals surface area contributed by atoms with Crippen molar-refractivity contribution in [2.75, 3.05) is 13.7 Å². The fourth-order valence-electron chi connectivity index (χ4n) is 1.13. The summed E-state index contributed by atoms with van der Waals surface area (Å²) in [4.78, 5) is 11.5. The molecule has 0 aliphatic heterocycles. The van der Waals surface area contributed by atoms with Gasteiger partial charge in [0.1, 0.15) is 5.92 Å². The molecule has 0 saturated heterocycles. The lowest BCUT2D eigenvalue weighted by atomic mass is 9.96. The number of carbonyl (C=O) groups excluding carboxylic acids is 1. The van der Waals surface area contributed by atoms with Gasteiger partial charge in [0.25, 0.3) is 0 Å². The maximum atomic E-state index is 11.5. The Balaban J connectivity index is 4.12. The largest absolute Gasteiger partial charge is 0.383 e. The van der Waals surface area contributed by atoms with E-state index in [1.165, 1.54) is 0 Å². The second-order valence-electron chi connectivity index (χ2n) is 3.72. The highest BCUT2D eigenvalue weighted by Crippen LogP contribution is 2.09. The maximum absolute atomic E-state index is 11.5. The summed E-state index contributed by atoms with van der Waals surface area (Å²) in [6.07, 6.45) is 0. The fraction of sp³-hybridized carbons (Fsp3) is 0.800. The molecule has 80 valence electrons. The molecule has 0 aliphatic carbocycles. The van der Waals surface area contributed by atoms with Crippen molar-refractivity contribution in [3.8, 4) is 6.07 Å². The zero-order valence-corrected chi connectivity index (χ0v) is 9.20. The van der Waals surface area contributed by atoms with Crippen molar-refractivity contribution < 1.29 is 9.53 Å². The van der Waals surface area contributed by atoms with Gasteiger partial charge in [0.15, 0.2) is 0 Å². The predicted molar refractivity (Wildman–Crippen MR) is 53.4 cm³/mol. The van der Waals surface area contributed by atoms with Crippen LogP contribution >= 0.6 is 0 Å². The Bertz CT molecular complexity index is 221. The molecule has 4 heteroatoms. The Hall–Kier alpha value is -1.08. The molecule has 1 amide bonds. The van der Waals surface area contributed by atoms with Crippen LogP contribution in [0.1, 0.15) is 20.8 Å². The highest BCUT2D eigenvalue weighted by atomic mass is 16.5. The SMILES string of the molecule is COCC(C)NC(=O)C(C#N)C(C)C. The van der Waals surface area contributed by atoms with E-state index in [0.717, 1.165) is 0 Å². The summed E-state index contributed by atoms with van der Waals surface area (Å²) in [6.45, 7) is 6.01. The predicted octanol–water partition coefficient (Wildman–Crippen LogP) is 0.933. The van der Waals surface area contributed by atoms with Crippen molar-refractivity contribution in [3.63, 3.8) is 0 Å². The zero-order chi connectivity index (χ0) is 11.1. The van der Waals surface area contributed by atoms with Crippen LogP contribution in [0, 0.1) is 23.2 Å². The van der Waals surface area contributed by atoms with Crippen LogP contribution in [-0.4, -0.2) is 25.7 Å². The molecule has 0 aromatic heterocycles. The lowest BCUT2D eigenvalue weighted by molar-refractivity contribution is -0.125. The monoisotopic (exact) mass is 198 g/mol. The minimum atomic E-state index is -0.575. The summed E-state index contributed by atoms with van der Waals surface area (Å²) in [5.74, 6) is -0.754. The molecule has 4 nitrogen and oxygen atoms in total. The van der Waals surface area contributed by atoms with Gasteiger partial charge in [0.05, 0.1) is 12.7 Å². The molecule has 2 unspecified atom stereocenters. The van der Waals surface area contributed by atoms with Gasteiger partial charge in [-0.05, 0) is 12.8 Å². The molecule has 0 aromatic carbocycles. The Morgan fingerprint density at radius 2 is 2.07 bits per heavy atom. The standard InChI is InChI=1S/C10H18N2O2/c1-7(2)9(5-11)10(13)12-8(3)6-14-4/h7-9H,6H2,1-4H3,(H,12,13). The molecule has 1 N–H and O–H groups in total. The van der Waals surface area contributed by atoms with Gasteiger partial charge in [0, 0.05) is 13.2 Å². The van der Waals surface area contributed by atoms with Crippen LogP contribution in [0.15, 0.2) is 0 Å². The van der Waals surface area contributed by atoms with Gasteiger partial charge in [-0.1, -0.05) is 13.8 Å². The number of amides is 1. The first-order valence-electron chi connectivity index (χ1n) is 4.71. The van der Waals surface area contributed by atoms with Gasteiger partial charge in [-0.3, -0.25) is 4.79 Å². The molecule has 0 bridgehead atoms. The number of hydrogen-bond acceptors (Lipinski definition) is 3. The molecular formula is C10H18N2O2. The van der Waals surface area contributed by atoms with Crippen molar-refractivity contribution in [3.05, 3.63) is 0 Å². The summed E-state index contributed by atoms with van der Waals surface area (Å²) >= 11 is 0. The van der Waals surface area contributed by atoms with Crippen LogP contribution in [0.5, 0.6) is 0 Å². The summed E-state index contributed by atoms with van der Waals surface area (Å²) in [5.41, 5.74) is 0. The highest BCUT2D eigenvalue weighted by molar-refractivity contribution is 5.81. The molecule has 2 atom stereocenters. The van der Waals surface area contributed by atoms with E-state index in [1.807, 2.05) is 26.8 Å². The molecule has 0 aromatic rings. The Labute approximate surface area is 85.2 Å². The van der Waals surface area contributed by atoms with Crippen molar-refractivity contribution in [1.82, 2.24) is 5.32 Å². The van der Waals surface area contributed by atoms with E-state index in [2.05, 4.69) is 5.32 Å². The number of nitrogens with zero attached hydrogens (tertiary/aromatic N) is 1. The second kappa shape index (κ2) is 6.39. The minimum absolute atomic E-state index is 0.0368. The minimum Gasteiger partial charge on any atom is -0.383 e. The van der Waals surface area contributed by atoms with E-state index in [-0.39, 0.29) is 17.9 Å². The molecule has 0 radical (unpaired) electrons. The van der Waals surface area contributed by atoms with E-state index < -0.39 is 5.92 Å². The molecule has 0 aliphatic rings. The molecule has 0 fully saturated rings. The number of carbonyl (C=O) groups is 1. The molecule has 0 spiro atoms. The number of nitrogens with one attached hydrogen (secondary N) is 1. The Kier molecular flexibility index (Phi) is 5.89. The van der Waals surface area contributed by atoms with Crippen LogP contribution in [0.3, 0.4) is 0 Å². The van der Waals surface area contributed by atoms with Crippen LogP contribution in [0.2, 0.25) is 0 Å². The van der Waals surface area contributed by atoms with E-state index in [0.29, 0.717) is 6.61 Å². The zero-order valence-electron chi connectivity index (χ0n) is 9.20. The number of rotatable bonds is 5. The first kappa shape index (κ1) is 12.9. The van der Waals surface area contributed by atoms with Gasteiger partial charge in [0.2, 0.25) is 5.91 Å². The third-order valence-corrected chi connectivity index (χ3v) is 1.89. The van der Waals surface area contributed by atoms with Crippen molar-refractivity contribution in [2.24, 2.45) is 11.8 Å². The number of methoxy groups -OCH3 is 1. The highest BCUT2D eigenvalue weighted by Gasteiger charge is 2.22. The quantitative estimate of drug-likeness (QED) is 0.715. The Morgan fingerprint density at radius 3 is 2.43 bits per heavy atom. The first-order chi connectivity index (χ1) is 6.52. The molecule has 14 heavy (non-hydrogen) atoms. The summed E-state index contributed by atoms with van der Waals surface area (Å²) in [5, 5.41) is 11.5. The van der Waals surface area contributed by atoms with Gasteiger partial charge >= 0.3 is 0 Å². The van der Waals surface area contributed by atoms with E-state index in [4.69, 9.17) is 10.00 Å². The average Bonchev–Trinajstić information content (AvgIpc) is 2.04. The number of nitriles is 1. The molecular weight excluding hydrogens is 180 g/mol. The van der Waals surface area contributed by atoms with Gasteiger partial charge in [-0.15, -0.1) is 0 Å². The van der Waals surface area contributed by atoms with Crippen LogP contribution in [-0.2, 0) is 9.53 Å². The molecule has 0 saturated carbocycles. The molecule has 0 rings (SSSR count). The molecule has 0 heterocycles. The maximum Gasteiger partial charge on any atom is 0.237 e. The average molecular weight is 198 g/mol. The van der Waals surface area contributed by atoms with Crippen LogP contribution in [0.4, 0.5) is 0 Å². The lowest BCUT2D eigenvalue weighted by Crippen LogP contribution is -2.40. The van der Waals surface area contributed by atoms with Crippen LogP contribution < -0.4 is 5.32 Å². The van der Waals surface area contributed by atoms with Gasteiger partial charge in [-0.2, -0.15) is 5.26 Å². The van der Waals surface area contributed by atoms with Crippen molar-refractivity contribution in [2.45, 2.75) is 26.8 Å². The third kappa shape index (κ3) is 4.24. The smallest absolute Gasteiger partial charge is 0.237 e. The normalized spacial score (nSPS) is 14.6. The summed E-state index contributed by atoms with van der Waals surface area (Å²) in [6, 6.07) is 1.94. The van der Waals surface area contributed by atoms with E-state index >= 15 is 0 Å². The van der Waals surface area contributed by atoms with Gasteiger partial charge < -0.3 is 10.1 Å². The fourth-order valence-corrected chi connectivity index (χ4v) is 1.13. The topological polar surface area (TPSA) is 62.1 Å².